The van der Waals surface area contributed by atoms with E-state index in [9.17, 15) is 14.4 Å². The van der Waals surface area contributed by atoms with Gasteiger partial charge in [0, 0.05) is 19.3 Å². The van der Waals surface area contributed by atoms with Crippen LogP contribution >= 0.6 is 0 Å². The molecule has 0 radical (unpaired) electrons. The second-order valence-corrected chi connectivity index (χ2v) is 8.10. The number of carbonyl (C=O) groups is 3. The molecule has 1 fully saturated rings. The first-order valence-corrected chi connectivity index (χ1v) is 9.38. The third-order valence-electron chi connectivity index (χ3n) is 3.51. The third kappa shape index (κ3) is 5.10. The summed E-state index contributed by atoms with van der Waals surface area (Å²) in [5, 5.41) is 0. The van der Waals surface area contributed by atoms with Crippen LogP contribution in [0.25, 0.3) is 0 Å². The summed E-state index contributed by atoms with van der Waals surface area (Å²) in [5.41, 5.74) is -0.226. The van der Waals surface area contributed by atoms with Crippen molar-refractivity contribution >= 4 is 26.7 Å². The first-order chi connectivity index (χ1) is 10.3. The third-order valence-corrected chi connectivity index (χ3v) is 6.36. The Morgan fingerprint density at radius 3 is 1.91 bits per heavy atom. The number of hydrogen-bond donors (Lipinski definition) is 0. The van der Waals surface area contributed by atoms with Gasteiger partial charge in [-0.3, -0.25) is 14.4 Å². The monoisotopic (exact) mass is 332 g/mol. The van der Waals surface area contributed by atoms with Gasteiger partial charge in [0.25, 0.3) is 17.9 Å². The number of carbonyl (C=O) groups excluding carboxylic acids is 3. The van der Waals surface area contributed by atoms with Gasteiger partial charge in [-0.05, 0) is 12.8 Å². The van der Waals surface area contributed by atoms with Crippen molar-refractivity contribution in [3.63, 3.8) is 0 Å². The molecule has 0 unspecified atom stereocenters. The van der Waals surface area contributed by atoms with Crippen LogP contribution in [0.2, 0.25) is 6.04 Å². The molecular formula is C14H24O7Si. The van der Waals surface area contributed by atoms with E-state index in [1.807, 2.05) is 13.8 Å². The fourth-order valence-corrected chi connectivity index (χ4v) is 4.64. The van der Waals surface area contributed by atoms with Gasteiger partial charge < -0.3 is 18.0 Å². The van der Waals surface area contributed by atoms with Gasteiger partial charge in [-0.2, -0.15) is 0 Å². The van der Waals surface area contributed by atoms with Crippen molar-refractivity contribution in [3.05, 3.63) is 0 Å². The lowest BCUT2D eigenvalue weighted by Gasteiger charge is -2.40. The summed E-state index contributed by atoms with van der Waals surface area (Å²) in [6.45, 7) is 7.20. The first kappa shape index (κ1) is 18.6. The lowest BCUT2D eigenvalue weighted by atomic mass is 9.80. The summed E-state index contributed by atoms with van der Waals surface area (Å²) in [6.07, 6.45) is 1.50. The van der Waals surface area contributed by atoms with E-state index in [0.29, 0.717) is 19.6 Å². The van der Waals surface area contributed by atoms with Crippen LogP contribution in [0.3, 0.4) is 0 Å². The summed E-state index contributed by atoms with van der Waals surface area (Å²) >= 11 is 0. The molecule has 0 N–H and O–H groups in total. The van der Waals surface area contributed by atoms with E-state index in [4.69, 9.17) is 18.0 Å². The zero-order valence-electron chi connectivity index (χ0n) is 13.6. The van der Waals surface area contributed by atoms with E-state index in [0.717, 1.165) is 6.42 Å². The van der Waals surface area contributed by atoms with Crippen LogP contribution in [-0.2, 0) is 32.4 Å². The Labute approximate surface area is 131 Å². The molecule has 0 aliphatic carbocycles. The van der Waals surface area contributed by atoms with E-state index in [1.54, 1.807) is 0 Å². The van der Waals surface area contributed by atoms with Gasteiger partial charge in [-0.25, -0.2) is 0 Å². The largest absolute Gasteiger partial charge is 0.705 e. The molecule has 7 nitrogen and oxygen atoms in total. The van der Waals surface area contributed by atoms with Crippen LogP contribution in [0.15, 0.2) is 0 Å². The predicted molar refractivity (Wildman–Crippen MR) is 78.6 cm³/mol. The molecule has 0 aromatic rings. The highest BCUT2D eigenvalue weighted by Crippen LogP contribution is 2.36. The van der Waals surface area contributed by atoms with Gasteiger partial charge in [0.05, 0.1) is 25.7 Å². The standard InChI is InChI=1S/C14H24O7Si/c1-5-7-22(19-11(3)15,20-12(4)16)21-13(17)8-14(6-2)9-18-10-14/h5-10H2,1-4H3. The minimum atomic E-state index is -3.68. The van der Waals surface area contributed by atoms with Gasteiger partial charge >= 0.3 is 8.80 Å². The van der Waals surface area contributed by atoms with Crippen LogP contribution in [0.5, 0.6) is 0 Å². The molecule has 0 saturated carbocycles. The van der Waals surface area contributed by atoms with Crippen LogP contribution in [0, 0.1) is 5.41 Å². The second kappa shape index (κ2) is 7.73. The van der Waals surface area contributed by atoms with Crippen LogP contribution in [0.1, 0.15) is 47.0 Å². The Balaban J connectivity index is 2.82. The number of hydrogen-bond acceptors (Lipinski definition) is 7. The fraction of sp³-hybridized carbons (Fsp3) is 0.786. The van der Waals surface area contributed by atoms with Crippen molar-refractivity contribution in [2.45, 2.75) is 53.0 Å². The highest BCUT2D eigenvalue weighted by molar-refractivity contribution is 6.65. The molecule has 1 heterocycles. The van der Waals surface area contributed by atoms with Crippen molar-refractivity contribution in [2.24, 2.45) is 5.41 Å². The maximum atomic E-state index is 12.2. The van der Waals surface area contributed by atoms with Gasteiger partial charge in [-0.15, -0.1) is 0 Å². The smallest absolute Gasteiger partial charge is 0.455 e. The van der Waals surface area contributed by atoms with E-state index in [-0.39, 0.29) is 17.9 Å². The van der Waals surface area contributed by atoms with Crippen molar-refractivity contribution in [1.82, 2.24) is 0 Å². The Kier molecular flexibility index (Phi) is 6.55. The maximum Gasteiger partial charge on any atom is 0.705 e. The summed E-state index contributed by atoms with van der Waals surface area (Å²) in [4.78, 5) is 34.9. The Morgan fingerprint density at radius 1 is 1.05 bits per heavy atom. The zero-order valence-corrected chi connectivity index (χ0v) is 14.6. The summed E-state index contributed by atoms with van der Waals surface area (Å²) in [7, 11) is -3.68. The highest BCUT2D eigenvalue weighted by atomic mass is 28.4. The molecule has 1 rings (SSSR count). The molecule has 22 heavy (non-hydrogen) atoms. The summed E-state index contributed by atoms with van der Waals surface area (Å²) in [5.74, 6) is -1.79. The Morgan fingerprint density at radius 2 is 1.59 bits per heavy atom. The normalized spacial score (nSPS) is 16.4. The average Bonchev–Trinajstić information content (AvgIpc) is 2.32. The quantitative estimate of drug-likeness (QED) is 0.626. The molecule has 126 valence electrons. The van der Waals surface area contributed by atoms with E-state index < -0.39 is 26.7 Å². The van der Waals surface area contributed by atoms with Crippen molar-refractivity contribution in [3.8, 4) is 0 Å². The molecule has 1 saturated heterocycles. The average molecular weight is 332 g/mol. The van der Waals surface area contributed by atoms with Gasteiger partial charge in [-0.1, -0.05) is 13.8 Å². The van der Waals surface area contributed by atoms with Crippen LogP contribution in [-0.4, -0.2) is 39.9 Å². The van der Waals surface area contributed by atoms with Crippen LogP contribution in [0.4, 0.5) is 0 Å². The molecule has 8 heteroatoms. The number of ether oxygens (including phenoxy) is 1. The summed E-state index contributed by atoms with van der Waals surface area (Å²) < 4.78 is 20.8. The molecule has 0 bridgehead atoms. The van der Waals surface area contributed by atoms with Crippen LogP contribution < -0.4 is 0 Å². The predicted octanol–water partition coefficient (Wildman–Crippen LogP) is 1.82. The molecule has 1 aliphatic rings. The second-order valence-electron chi connectivity index (χ2n) is 5.62. The van der Waals surface area contributed by atoms with Gasteiger partial charge in [0.1, 0.15) is 0 Å². The fourth-order valence-electron chi connectivity index (χ4n) is 2.30. The summed E-state index contributed by atoms with van der Waals surface area (Å²) in [6, 6.07) is 0.216. The Bertz CT molecular complexity index is 409. The molecular weight excluding hydrogens is 308 g/mol. The lowest BCUT2D eigenvalue weighted by molar-refractivity contribution is -0.161. The zero-order chi connectivity index (χ0) is 16.8. The molecule has 0 atom stereocenters. The molecule has 1 aliphatic heterocycles. The van der Waals surface area contributed by atoms with Gasteiger partial charge in [0.2, 0.25) is 0 Å². The highest BCUT2D eigenvalue weighted by Gasteiger charge is 2.52. The van der Waals surface area contributed by atoms with E-state index in [1.165, 1.54) is 13.8 Å². The lowest BCUT2D eigenvalue weighted by Crippen LogP contribution is -2.51. The van der Waals surface area contributed by atoms with E-state index in [2.05, 4.69) is 0 Å². The van der Waals surface area contributed by atoms with Crippen molar-refractivity contribution in [1.29, 1.82) is 0 Å². The minimum Gasteiger partial charge on any atom is -0.455 e. The maximum absolute atomic E-state index is 12.2. The van der Waals surface area contributed by atoms with Crippen molar-refractivity contribution < 1.29 is 32.4 Å². The number of rotatable bonds is 8. The molecule has 0 aromatic heterocycles. The molecule has 0 amide bonds. The SMILES string of the molecule is CCC[Si](OC(C)=O)(OC(C)=O)OC(=O)CC1(CC)COC1. The topological polar surface area (TPSA) is 88.1 Å². The van der Waals surface area contributed by atoms with Gasteiger partial charge in [0.15, 0.2) is 0 Å². The first-order valence-electron chi connectivity index (χ1n) is 7.45. The minimum absolute atomic E-state index is 0.157. The molecule has 0 spiro atoms. The molecule has 0 aromatic carbocycles. The Hall–Kier alpha value is -1.41. The van der Waals surface area contributed by atoms with E-state index >= 15 is 0 Å². The van der Waals surface area contributed by atoms with Crippen molar-refractivity contribution in [2.75, 3.05) is 13.2 Å².